The van der Waals surface area contributed by atoms with Crippen molar-refractivity contribution in [2.24, 2.45) is 0 Å². The highest BCUT2D eigenvalue weighted by molar-refractivity contribution is 8.26. The Kier molecular flexibility index (Phi) is 7.65. The number of aliphatic carboxylic acids is 1. The van der Waals surface area contributed by atoms with Gasteiger partial charge in [-0.15, -0.1) is 0 Å². The van der Waals surface area contributed by atoms with Crippen molar-refractivity contribution in [2.45, 2.75) is 12.8 Å². The van der Waals surface area contributed by atoms with Gasteiger partial charge in [-0.25, -0.2) is 13.8 Å². The number of benzene rings is 1. The van der Waals surface area contributed by atoms with Crippen molar-refractivity contribution in [1.82, 2.24) is 15.2 Å². The molecule has 0 bridgehead atoms. The van der Waals surface area contributed by atoms with Gasteiger partial charge in [0.25, 0.3) is 5.91 Å². The van der Waals surface area contributed by atoms with E-state index < -0.39 is 30.1 Å². The average Bonchev–Trinajstić information content (AvgIpc) is 3.01. The molecule has 3 rings (SSSR count). The minimum absolute atomic E-state index is 0.0568. The number of nitrogens with one attached hydrogen (secondary N) is 1. The number of nitrogens with zero attached hydrogens (tertiary/aromatic N) is 2. The second-order valence-corrected chi connectivity index (χ2v) is 8.36. The number of carboxylic acids is 1. The zero-order valence-electron chi connectivity index (χ0n) is 16.5. The molecule has 7 nitrogen and oxygen atoms in total. The smallest absolute Gasteiger partial charge is 0.322 e. The van der Waals surface area contributed by atoms with Crippen LogP contribution in [0.4, 0.5) is 8.78 Å². The van der Waals surface area contributed by atoms with E-state index in [9.17, 15) is 23.2 Å². The fraction of sp³-hybridized carbons (Fsp3) is 0.190. The molecule has 0 aliphatic carbocycles. The first-order chi connectivity index (χ1) is 15.2. The summed E-state index contributed by atoms with van der Waals surface area (Å²) >= 11 is 6.35. The lowest BCUT2D eigenvalue weighted by Gasteiger charge is -2.13. The summed E-state index contributed by atoms with van der Waals surface area (Å²) in [6, 6.07) is 8.48. The van der Waals surface area contributed by atoms with Gasteiger partial charge in [0.1, 0.15) is 10.9 Å². The first kappa shape index (κ1) is 23.5. The van der Waals surface area contributed by atoms with Crippen LogP contribution in [-0.2, 0) is 14.4 Å². The van der Waals surface area contributed by atoms with Crippen LogP contribution in [0.15, 0.2) is 41.3 Å². The summed E-state index contributed by atoms with van der Waals surface area (Å²) < 4.78 is 27.0. The minimum atomic E-state index is -1.14. The van der Waals surface area contributed by atoms with Crippen molar-refractivity contribution in [3.05, 3.63) is 58.6 Å². The highest BCUT2D eigenvalue weighted by Gasteiger charge is 2.31. The number of halogens is 2. The number of aromatic nitrogens is 1. The Balaban J connectivity index is 1.66. The van der Waals surface area contributed by atoms with Crippen molar-refractivity contribution < 1.29 is 28.3 Å². The third-order valence-corrected chi connectivity index (χ3v) is 5.74. The van der Waals surface area contributed by atoms with E-state index in [2.05, 4.69) is 10.3 Å². The van der Waals surface area contributed by atoms with Crippen molar-refractivity contribution in [3.8, 4) is 11.3 Å². The second-order valence-electron chi connectivity index (χ2n) is 6.68. The molecular formula is C21H17F2N3O4S2. The zero-order valence-corrected chi connectivity index (χ0v) is 18.1. The van der Waals surface area contributed by atoms with Crippen molar-refractivity contribution in [3.63, 3.8) is 0 Å². The van der Waals surface area contributed by atoms with Crippen molar-refractivity contribution >= 4 is 52.2 Å². The van der Waals surface area contributed by atoms with Gasteiger partial charge in [-0.1, -0.05) is 30.0 Å². The molecule has 0 spiro atoms. The summed E-state index contributed by atoms with van der Waals surface area (Å²) in [7, 11) is 0. The summed E-state index contributed by atoms with van der Waals surface area (Å²) in [6.07, 6.45) is 1.93. The predicted octanol–water partition coefficient (Wildman–Crippen LogP) is 3.21. The zero-order chi connectivity index (χ0) is 23.3. The summed E-state index contributed by atoms with van der Waals surface area (Å²) in [5, 5.41) is 10.8. The number of hydrogen-bond donors (Lipinski definition) is 2. The van der Waals surface area contributed by atoms with Crippen molar-refractivity contribution in [2.75, 3.05) is 13.1 Å². The van der Waals surface area contributed by atoms with Gasteiger partial charge < -0.3 is 10.4 Å². The van der Waals surface area contributed by atoms with Crippen LogP contribution >= 0.6 is 24.0 Å². The summed E-state index contributed by atoms with van der Waals surface area (Å²) in [5.74, 6) is -3.82. The molecule has 1 saturated heterocycles. The lowest BCUT2D eigenvalue weighted by atomic mass is 10.1. The summed E-state index contributed by atoms with van der Waals surface area (Å²) in [4.78, 5) is 40.9. The number of amides is 2. The van der Waals surface area contributed by atoms with Crippen LogP contribution < -0.4 is 5.32 Å². The number of thiocarbonyl (C=S) groups is 1. The first-order valence-corrected chi connectivity index (χ1v) is 10.6. The molecule has 2 aromatic rings. The Morgan fingerprint density at radius 3 is 2.72 bits per heavy atom. The summed E-state index contributed by atoms with van der Waals surface area (Å²) in [6.45, 7) is -0.246. The molecule has 1 aromatic carbocycles. The normalized spacial score (nSPS) is 14.8. The molecule has 0 saturated carbocycles. The molecule has 166 valence electrons. The van der Waals surface area contributed by atoms with Crippen LogP contribution in [0.2, 0.25) is 0 Å². The lowest BCUT2D eigenvalue weighted by molar-refractivity contribution is -0.137. The highest BCUT2D eigenvalue weighted by atomic mass is 32.2. The number of thioether (sulfide) groups is 1. The molecule has 32 heavy (non-hydrogen) atoms. The van der Waals surface area contributed by atoms with Crippen LogP contribution in [0, 0.1) is 11.6 Å². The van der Waals surface area contributed by atoms with Gasteiger partial charge in [-0.3, -0.25) is 19.3 Å². The van der Waals surface area contributed by atoms with E-state index in [1.54, 1.807) is 24.3 Å². The predicted molar refractivity (Wildman–Crippen MR) is 119 cm³/mol. The average molecular weight is 478 g/mol. The largest absolute Gasteiger partial charge is 0.480 e. The van der Waals surface area contributed by atoms with E-state index in [1.807, 2.05) is 0 Å². The van der Waals surface area contributed by atoms with Gasteiger partial charge in [0.2, 0.25) is 5.91 Å². The van der Waals surface area contributed by atoms with Gasteiger partial charge in [-0.2, -0.15) is 0 Å². The number of carbonyl (C=O) groups excluding carboxylic acids is 2. The molecule has 1 aliphatic rings. The molecule has 1 fully saturated rings. The van der Waals surface area contributed by atoms with Gasteiger partial charge in [0.15, 0.2) is 11.6 Å². The number of pyridine rings is 1. The van der Waals surface area contributed by atoms with Crippen LogP contribution in [0.25, 0.3) is 17.3 Å². The third-order valence-electron chi connectivity index (χ3n) is 4.36. The first-order valence-electron chi connectivity index (χ1n) is 9.41. The van der Waals surface area contributed by atoms with Gasteiger partial charge in [0, 0.05) is 18.5 Å². The minimum Gasteiger partial charge on any atom is -0.480 e. The van der Waals surface area contributed by atoms with E-state index in [4.69, 9.17) is 17.3 Å². The molecule has 0 unspecified atom stereocenters. The molecule has 2 heterocycles. The van der Waals surface area contributed by atoms with Crippen LogP contribution in [0.1, 0.15) is 18.5 Å². The Morgan fingerprint density at radius 1 is 1.22 bits per heavy atom. The monoisotopic (exact) mass is 477 g/mol. The van der Waals surface area contributed by atoms with Gasteiger partial charge >= 0.3 is 5.97 Å². The molecule has 1 aliphatic heterocycles. The SMILES string of the molecule is O=C(O)CNC(=O)CCCN1C(=O)C(=Cc2cccc(-c3ccc(F)c(F)c3)n2)SC1=S. The van der Waals surface area contributed by atoms with Crippen LogP contribution in [-0.4, -0.2) is 50.2 Å². The van der Waals surface area contributed by atoms with Crippen LogP contribution in [0.5, 0.6) is 0 Å². The molecule has 0 radical (unpaired) electrons. The molecule has 1 aromatic heterocycles. The Morgan fingerprint density at radius 2 is 2.00 bits per heavy atom. The number of carboxylic acid groups (broad SMARTS) is 1. The fourth-order valence-corrected chi connectivity index (χ4v) is 4.13. The molecule has 11 heteroatoms. The maximum Gasteiger partial charge on any atom is 0.322 e. The standard InChI is InChI=1S/C21H17F2N3O4S2/c22-14-7-6-12(9-15(14)23)16-4-1-3-13(25-16)10-17-20(30)26(21(31)32-17)8-2-5-18(27)24-11-19(28)29/h1,3-4,6-7,9-10H,2,5,8,11H2,(H,24,27)(H,28,29). The van der Waals surface area contributed by atoms with E-state index >= 15 is 0 Å². The van der Waals surface area contributed by atoms with E-state index in [1.165, 1.54) is 11.0 Å². The molecule has 0 atom stereocenters. The summed E-state index contributed by atoms with van der Waals surface area (Å²) in [5.41, 5.74) is 1.26. The highest BCUT2D eigenvalue weighted by Crippen LogP contribution is 2.32. The Bertz CT molecular complexity index is 1120. The Labute approximate surface area is 191 Å². The maximum absolute atomic E-state index is 13.5. The number of rotatable bonds is 8. The van der Waals surface area contributed by atoms with E-state index in [0.29, 0.717) is 32.6 Å². The molecule has 2 amide bonds. The topological polar surface area (TPSA) is 99.6 Å². The Hall–Kier alpha value is -3.18. The third kappa shape index (κ3) is 5.95. The van der Waals surface area contributed by atoms with Crippen LogP contribution in [0.3, 0.4) is 0 Å². The van der Waals surface area contributed by atoms with E-state index in [-0.39, 0.29) is 18.9 Å². The van der Waals surface area contributed by atoms with Crippen molar-refractivity contribution in [1.29, 1.82) is 0 Å². The van der Waals surface area contributed by atoms with Gasteiger partial charge in [-0.05, 0) is 42.8 Å². The van der Waals surface area contributed by atoms with Gasteiger partial charge in [0.05, 0.1) is 16.3 Å². The fourth-order valence-electron chi connectivity index (χ4n) is 2.84. The molecular weight excluding hydrogens is 460 g/mol. The number of hydrogen-bond acceptors (Lipinski definition) is 6. The quantitative estimate of drug-likeness (QED) is 0.445. The number of carbonyl (C=O) groups is 3. The maximum atomic E-state index is 13.5. The second kappa shape index (κ2) is 10.4. The van der Waals surface area contributed by atoms with E-state index in [0.717, 1.165) is 23.9 Å². The molecule has 2 N–H and O–H groups in total. The lowest BCUT2D eigenvalue weighted by Crippen LogP contribution is -2.32.